The summed E-state index contributed by atoms with van der Waals surface area (Å²) < 4.78 is 0. The van der Waals surface area contributed by atoms with Gasteiger partial charge in [0.2, 0.25) is 0 Å². The van der Waals surface area contributed by atoms with Gasteiger partial charge in [0.15, 0.2) is 0 Å². The highest BCUT2D eigenvalue weighted by molar-refractivity contribution is 5.63. The van der Waals surface area contributed by atoms with Crippen molar-refractivity contribution in [1.82, 2.24) is 0 Å². The SMILES string of the molecule is CC(C)CC(C)(C)c1ccc(-c2ccccc2)cc1. The topological polar surface area (TPSA) is 0 Å². The summed E-state index contributed by atoms with van der Waals surface area (Å²) in [6, 6.07) is 19.6. The maximum atomic E-state index is 2.34. The molecule has 0 fully saturated rings. The van der Waals surface area contributed by atoms with Crippen LogP contribution in [0, 0.1) is 5.92 Å². The smallest absolute Gasteiger partial charge is 0.0101 e. The maximum absolute atomic E-state index is 2.34. The molecule has 0 nitrogen and oxygen atoms in total. The van der Waals surface area contributed by atoms with Gasteiger partial charge < -0.3 is 0 Å². The van der Waals surface area contributed by atoms with E-state index in [1.165, 1.54) is 23.1 Å². The van der Waals surface area contributed by atoms with Gasteiger partial charge in [-0.1, -0.05) is 82.3 Å². The molecule has 0 amide bonds. The average Bonchev–Trinajstić information content (AvgIpc) is 2.38. The van der Waals surface area contributed by atoms with E-state index >= 15 is 0 Å². The molecular weight excluding hydrogens is 228 g/mol. The van der Waals surface area contributed by atoms with Gasteiger partial charge in [-0.05, 0) is 34.4 Å². The highest BCUT2D eigenvalue weighted by Gasteiger charge is 2.21. The molecule has 0 heterocycles. The first-order valence-corrected chi connectivity index (χ1v) is 7.15. The molecule has 2 rings (SSSR count). The van der Waals surface area contributed by atoms with E-state index in [2.05, 4.69) is 82.3 Å². The third-order valence-corrected chi connectivity index (χ3v) is 3.69. The third kappa shape index (κ3) is 3.47. The molecule has 0 unspecified atom stereocenters. The Morgan fingerprint density at radius 1 is 0.789 bits per heavy atom. The summed E-state index contributed by atoms with van der Waals surface area (Å²) in [6.07, 6.45) is 1.22. The molecule has 0 heteroatoms. The first-order chi connectivity index (χ1) is 8.99. The van der Waals surface area contributed by atoms with Gasteiger partial charge in [0.25, 0.3) is 0 Å². The van der Waals surface area contributed by atoms with Crippen LogP contribution in [-0.4, -0.2) is 0 Å². The molecule has 0 saturated carbocycles. The molecule has 2 aromatic rings. The Labute approximate surface area is 117 Å². The van der Waals surface area contributed by atoms with Crippen molar-refractivity contribution >= 4 is 0 Å². The first-order valence-electron chi connectivity index (χ1n) is 7.15. The van der Waals surface area contributed by atoms with E-state index in [0.717, 1.165) is 5.92 Å². The lowest BCUT2D eigenvalue weighted by atomic mass is 9.77. The summed E-state index contributed by atoms with van der Waals surface area (Å²) in [5.74, 6) is 0.726. The van der Waals surface area contributed by atoms with E-state index in [1.807, 2.05) is 0 Å². The van der Waals surface area contributed by atoms with Gasteiger partial charge in [-0.25, -0.2) is 0 Å². The van der Waals surface area contributed by atoms with Gasteiger partial charge in [-0.15, -0.1) is 0 Å². The Kier molecular flexibility index (Phi) is 4.09. The van der Waals surface area contributed by atoms with Crippen LogP contribution in [0.25, 0.3) is 11.1 Å². The van der Waals surface area contributed by atoms with Crippen molar-refractivity contribution < 1.29 is 0 Å². The zero-order valence-electron chi connectivity index (χ0n) is 12.5. The third-order valence-electron chi connectivity index (χ3n) is 3.69. The van der Waals surface area contributed by atoms with Crippen LogP contribution in [-0.2, 0) is 5.41 Å². The quantitative estimate of drug-likeness (QED) is 0.657. The largest absolute Gasteiger partial charge is 0.0627 e. The maximum Gasteiger partial charge on any atom is -0.0101 e. The van der Waals surface area contributed by atoms with Gasteiger partial charge in [-0.2, -0.15) is 0 Å². The molecule has 0 aliphatic carbocycles. The monoisotopic (exact) mass is 252 g/mol. The lowest BCUT2D eigenvalue weighted by Gasteiger charge is -2.27. The van der Waals surface area contributed by atoms with E-state index < -0.39 is 0 Å². The normalized spacial score (nSPS) is 11.8. The standard InChI is InChI=1S/C19H24/c1-15(2)14-19(3,4)18-12-10-17(11-13-18)16-8-6-5-7-9-16/h5-13,15H,14H2,1-4H3. The van der Waals surface area contributed by atoms with Crippen LogP contribution < -0.4 is 0 Å². The Morgan fingerprint density at radius 3 is 1.84 bits per heavy atom. The van der Waals surface area contributed by atoms with Crippen LogP contribution in [0.3, 0.4) is 0 Å². The van der Waals surface area contributed by atoms with E-state index in [1.54, 1.807) is 0 Å². The molecule has 0 saturated heterocycles. The minimum absolute atomic E-state index is 0.253. The van der Waals surface area contributed by atoms with Crippen molar-refractivity contribution in [3.05, 3.63) is 60.2 Å². The van der Waals surface area contributed by atoms with Crippen LogP contribution in [0.4, 0.5) is 0 Å². The van der Waals surface area contributed by atoms with E-state index in [9.17, 15) is 0 Å². The van der Waals surface area contributed by atoms with Gasteiger partial charge >= 0.3 is 0 Å². The highest BCUT2D eigenvalue weighted by Crippen LogP contribution is 2.31. The lowest BCUT2D eigenvalue weighted by molar-refractivity contribution is 0.400. The minimum Gasteiger partial charge on any atom is -0.0627 e. The number of hydrogen-bond donors (Lipinski definition) is 0. The second kappa shape index (κ2) is 5.61. The molecule has 0 atom stereocenters. The van der Waals surface area contributed by atoms with E-state index in [0.29, 0.717) is 0 Å². The summed E-state index contributed by atoms with van der Waals surface area (Å²) in [7, 11) is 0. The second-order valence-corrected chi connectivity index (χ2v) is 6.43. The molecule has 19 heavy (non-hydrogen) atoms. The number of hydrogen-bond acceptors (Lipinski definition) is 0. The first kappa shape index (κ1) is 13.9. The Hall–Kier alpha value is -1.56. The zero-order valence-corrected chi connectivity index (χ0v) is 12.5. The van der Waals surface area contributed by atoms with Gasteiger partial charge in [-0.3, -0.25) is 0 Å². The van der Waals surface area contributed by atoms with Crippen LogP contribution in [0.15, 0.2) is 54.6 Å². The Morgan fingerprint density at radius 2 is 1.32 bits per heavy atom. The molecule has 0 bridgehead atoms. The van der Waals surface area contributed by atoms with Crippen LogP contribution in [0.2, 0.25) is 0 Å². The zero-order chi connectivity index (χ0) is 13.9. The summed E-state index contributed by atoms with van der Waals surface area (Å²) in [5.41, 5.74) is 4.27. The van der Waals surface area contributed by atoms with Crippen LogP contribution >= 0.6 is 0 Å². The highest BCUT2D eigenvalue weighted by atomic mass is 14.3. The van der Waals surface area contributed by atoms with Crippen LogP contribution in [0.5, 0.6) is 0 Å². The predicted molar refractivity (Wildman–Crippen MR) is 84.4 cm³/mol. The summed E-state index contributed by atoms with van der Waals surface area (Å²) in [4.78, 5) is 0. The lowest BCUT2D eigenvalue weighted by Crippen LogP contribution is -2.19. The molecule has 0 aliphatic rings. The van der Waals surface area contributed by atoms with Gasteiger partial charge in [0, 0.05) is 0 Å². The summed E-state index contributed by atoms with van der Waals surface area (Å²) in [5, 5.41) is 0. The Bertz CT molecular complexity index is 503. The summed E-state index contributed by atoms with van der Waals surface area (Å²) in [6.45, 7) is 9.26. The molecule has 0 aromatic heterocycles. The Balaban J connectivity index is 2.24. The fourth-order valence-corrected chi connectivity index (χ4v) is 2.88. The van der Waals surface area contributed by atoms with Crippen molar-refractivity contribution in [3.63, 3.8) is 0 Å². The number of benzene rings is 2. The van der Waals surface area contributed by atoms with Crippen molar-refractivity contribution in [3.8, 4) is 11.1 Å². The molecule has 0 aliphatic heterocycles. The van der Waals surface area contributed by atoms with E-state index in [4.69, 9.17) is 0 Å². The fraction of sp³-hybridized carbons (Fsp3) is 0.368. The van der Waals surface area contributed by atoms with Crippen molar-refractivity contribution in [2.75, 3.05) is 0 Å². The van der Waals surface area contributed by atoms with Crippen molar-refractivity contribution in [1.29, 1.82) is 0 Å². The molecule has 0 radical (unpaired) electrons. The van der Waals surface area contributed by atoms with Gasteiger partial charge in [0.1, 0.15) is 0 Å². The molecule has 0 spiro atoms. The number of rotatable bonds is 4. The van der Waals surface area contributed by atoms with Crippen LogP contribution in [0.1, 0.15) is 39.7 Å². The average molecular weight is 252 g/mol. The molecule has 0 N–H and O–H groups in total. The van der Waals surface area contributed by atoms with Crippen molar-refractivity contribution in [2.45, 2.75) is 39.5 Å². The fourth-order valence-electron chi connectivity index (χ4n) is 2.88. The van der Waals surface area contributed by atoms with Gasteiger partial charge in [0.05, 0.1) is 0 Å². The minimum atomic E-state index is 0.253. The van der Waals surface area contributed by atoms with Crippen molar-refractivity contribution in [2.24, 2.45) is 5.92 Å². The second-order valence-electron chi connectivity index (χ2n) is 6.43. The van der Waals surface area contributed by atoms with E-state index in [-0.39, 0.29) is 5.41 Å². The molecule has 2 aromatic carbocycles. The molecular formula is C19H24. The molecule has 100 valence electrons. The summed E-state index contributed by atoms with van der Waals surface area (Å²) >= 11 is 0. The predicted octanol–water partition coefficient (Wildman–Crippen LogP) is 5.68.